The fourth-order valence-corrected chi connectivity index (χ4v) is 6.38. The molecule has 3 heterocycles. The molecule has 6 aromatic carbocycles. The van der Waals surface area contributed by atoms with E-state index >= 15 is 0 Å². The fourth-order valence-electron chi connectivity index (χ4n) is 6.38. The monoisotopic (exact) mass is 799 g/mol. The first-order valence-corrected chi connectivity index (χ1v) is 15.5. The van der Waals surface area contributed by atoms with Crippen LogP contribution in [0.4, 0.5) is 0 Å². The van der Waals surface area contributed by atoms with Crippen LogP contribution < -0.4 is 4.74 Å². The van der Waals surface area contributed by atoms with Gasteiger partial charge in [0.05, 0.1) is 5.52 Å². The summed E-state index contributed by atoms with van der Waals surface area (Å²) in [5, 5.41) is 14.5. The van der Waals surface area contributed by atoms with Gasteiger partial charge in [-0.25, -0.2) is 9.97 Å². The first-order valence-electron chi connectivity index (χ1n) is 15.5. The Hall–Kier alpha value is -5.77. The summed E-state index contributed by atoms with van der Waals surface area (Å²) in [5.74, 6) is 1.79. The normalized spacial score (nSPS) is 11.2. The van der Waals surface area contributed by atoms with Crippen molar-refractivity contribution in [2.24, 2.45) is 0 Å². The van der Waals surface area contributed by atoms with Crippen LogP contribution in [0.5, 0.6) is 17.4 Å². The van der Waals surface area contributed by atoms with E-state index in [1.54, 1.807) is 12.1 Å². The molecule has 0 unspecified atom stereocenters. The number of rotatable bonds is 5. The first-order chi connectivity index (χ1) is 23.2. The van der Waals surface area contributed by atoms with E-state index in [0.717, 1.165) is 66.2 Å². The molecule has 0 saturated heterocycles. The number of hydrogen-bond acceptors (Lipinski definition) is 4. The molecule has 0 saturated carbocycles. The van der Waals surface area contributed by atoms with Crippen molar-refractivity contribution in [3.63, 3.8) is 0 Å². The quantitative estimate of drug-likeness (QED) is 0.176. The molecule has 0 bridgehead atoms. The number of benzene rings is 6. The van der Waals surface area contributed by atoms with Crippen molar-refractivity contribution in [1.29, 1.82) is 0 Å². The number of phenols is 1. The Morgan fingerprint density at radius 3 is 2.15 bits per heavy atom. The molecule has 0 atom stereocenters. The first kappa shape index (κ1) is 29.6. The van der Waals surface area contributed by atoms with Crippen molar-refractivity contribution in [3.05, 3.63) is 158 Å². The van der Waals surface area contributed by atoms with Crippen molar-refractivity contribution in [1.82, 2.24) is 14.5 Å². The Labute approximate surface area is 291 Å². The van der Waals surface area contributed by atoms with Crippen LogP contribution in [0.25, 0.3) is 71.7 Å². The number of para-hydroxylation sites is 2. The molecule has 0 aliphatic heterocycles. The number of aromatic hydroxyl groups is 1. The summed E-state index contributed by atoms with van der Waals surface area (Å²) < 4.78 is 8.73. The van der Waals surface area contributed by atoms with Crippen molar-refractivity contribution >= 4 is 43.6 Å². The average Bonchev–Trinajstić information content (AvgIpc) is 3.44. The molecule has 3 aromatic heterocycles. The van der Waals surface area contributed by atoms with Gasteiger partial charge in [0.25, 0.3) is 0 Å². The predicted molar refractivity (Wildman–Crippen MR) is 189 cm³/mol. The van der Waals surface area contributed by atoms with Crippen LogP contribution in [0.2, 0.25) is 0 Å². The molecule has 9 aromatic rings. The number of fused-ring (bicyclic) bond motifs is 5. The smallest absolute Gasteiger partial charge is 0.217 e. The van der Waals surface area contributed by atoms with Crippen LogP contribution >= 0.6 is 0 Å². The number of pyridine rings is 2. The second kappa shape index (κ2) is 12.1. The van der Waals surface area contributed by atoms with Gasteiger partial charge in [0.2, 0.25) is 5.88 Å². The van der Waals surface area contributed by atoms with Crippen LogP contribution in [0, 0.1) is 6.07 Å². The summed E-state index contributed by atoms with van der Waals surface area (Å²) in [6, 6.07) is 54.4. The summed E-state index contributed by atoms with van der Waals surface area (Å²) in [5.41, 5.74) is 7.41. The molecule has 0 aliphatic rings. The summed E-state index contributed by atoms with van der Waals surface area (Å²) in [6.07, 6.45) is 0. The molecule has 0 aliphatic carbocycles. The maximum atomic E-state index is 10.5. The maximum absolute atomic E-state index is 10.5. The summed E-state index contributed by atoms with van der Waals surface area (Å²) in [7, 11) is 0. The topological polar surface area (TPSA) is 60.2 Å². The van der Waals surface area contributed by atoms with Gasteiger partial charge in [-0.2, -0.15) is 6.07 Å². The zero-order chi connectivity index (χ0) is 31.3. The standard InChI is InChI=1S/C42H26N3O2.Pt/c46-38-17-9-15-30-20-23-41(44-42(30)38)47-39-26-37-34(25-32(39)28-12-5-2-6-13-28)33-24-31(27-10-3-1-4-11-27)18-21-36(33)45(37)40-22-19-29-14-7-8-16-35(29)43-40;/h1-25,46H;/q-1;. The SMILES string of the molecule is Oc1cccc2ccc(Oc3[c-]c4c(cc3-c3ccccc3)c3cc(-c5ccccc5)ccc3n4-c3ccc4ccccc4n3)nc12.[Pt]. The predicted octanol–water partition coefficient (Wildman–Crippen LogP) is 10.5. The van der Waals surface area contributed by atoms with E-state index in [9.17, 15) is 5.11 Å². The third-order valence-electron chi connectivity index (χ3n) is 8.66. The van der Waals surface area contributed by atoms with Crippen LogP contribution in [0.1, 0.15) is 0 Å². The van der Waals surface area contributed by atoms with Crippen LogP contribution in [-0.2, 0) is 21.1 Å². The molecule has 6 heteroatoms. The Morgan fingerprint density at radius 2 is 1.31 bits per heavy atom. The van der Waals surface area contributed by atoms with Gasteiger partial charge < -0.3 is 14.4 Å². The maximum Gasteiger partial charge on any atom is 0.217 e. The molecular formula is C42H26N3O2Pt-. The Kier molecular flexibility index (Phi) is 7.47. The van der Waals surface area contributed by atoms with E-state index in [0.29, 0.717) is 17.1 Å². The van der Waals surface area contributed by atoms with E-state index in [2.05, 4.69) is 94.5 Å². The number of nitrogens with zero attached hydrogens (tertiary/aromatic N) is 3. The van der Waals surface area contributed by atoms with Crippen LogP contribution in [0.15, 0.2) is 152 Å². The Bertz CT molecular complexity index is 2620. The molecule has 0 radical (unpaired) electrons. The average molecular weight is 800 g/mol. The van der Waals surface area contributed by atoms with Crippen molar-refractivity contribution in [2.45, 2.75) is 0 Å². The summed E-state index contributed by atoms with van der Waals surface area (Å²) >= 11 is 0. The van der Waals surface area contributed by atoms with Crippen molar-refractivity contribution in [3.8, 4) is 45.5 Å². The van der Waals surface area contributed by atoms with Crippen molar-refractivity contribution in [2.75, 3.05) is 0 Å². The van der Waals surface area contributed by atoms with E-state index in [1.807, 2.05) is 60.7 Å². The van der Waals surface area contributed by atoms with Gasteiger partial charge in [0, 0.05) is 49.2 Å². The van der Waals surface area contributed by atoms with Crippen LogP contribution in [-0.4, -0.2) is 19.6 Å². The number of phenolic OH excluding ortho intramolecular Hbond substituents is 1. The van der Waals surface area contributed by atoms with Crippen LogP contribution in [0.3, 0.4) is 0 Å². The second-order valence-corrected chi connectivity index (χ2v) is 11.5. The Morgan fingerprint density at radius 1 is 0.583 bits per heavy atom. The molecule has 0 amide bonds. The number of ether oxygens (including phenoxy) is 1. The minimum Gasteiger partial charge on any atom is -0.506 e. The van der Waals surface area contributed by atoms with E-state index in [-0.39, 0.29) is 26.8 Å². The van der Waals surface area contributed by atoms with Gasteiger partial charge in [-0.05, 0) is 52.9 Å². The molecule has 0 spiro atoms. The zero-order valence-corrected chi connectivity index (χ0v) is 27.7. The molecule has 1 N–H and O–H groups in total. The van der Waals surface area contributed by atoms with Gasteiger partial charge >= 0.3 is 0 Å². The molecule has 232 valence electrons. The molecule has 48 heavy (non-hydrogen) atoms. The zero-order valence-electron chi connectivity index (χ0n) is 25.4. The van der Waals surface area contributed by atoms with Gasteiger partial charge in [-0.3, -0.25) is 0 Å². The van der Waals surface area contributed by atoms with Gasteiger partial charge in [-0.15, -0.1) is 11.5 Å². The van der Waals surface area contributed by atoms with Gasteiger partial charge in [-0.1, -0.05) is 120 Å². The number of aromatic nitrogens is 3. The largest absolute Gasteiger partial charge is 0.506 e. The molecule has 5 nitrogen and oxygen atoms in total. The van der Waals surface area contributed by atoms with Crippen molar-refractivity contribution < 1.29 is 30.9 Å². The minimum atomic E-state index is 0. The number of hydrogen-bond donors (Lipinski definition) is 1. The molecular weight excluding hydrogens is 774 g/mol. The summed E-state index contributed by atoms with van der Waals surface area (Å²) in [6.45, 7) is 0. The van der Waals surface area contributed by atoms with Gasteiger partial charge in [0.1, 0.15) is 17.1 Å². The Balaban J connectivity index is 0.00000336. The third-order valence-corrected chi connectivity index (χ3v) is 8.66. The van der Waals surface area contributed by atoms with Gasteiger partial charge in [0.15, 0.2) is 0 Å². The van der Waals surface area contributed by atoms with E-state index in [4.69, 9.17) is 9.72 Å². The molecule has 9 rings (SSSR count). The minimum absolute atomic E-state index is 0. The fraction of sp³-hybridized carbons (Fsp3) is 0. The molecule has 0 fully saturated rings. The third kappa shape index (κ3) is 5.10. The second-order valence-electron chi connectivity index (χ2n) is 11.5. The van der Waals surface area contributed by atoms with E-state index < -0.39 is 0 Å². The van der Waals surface area contributed by atoms with E-state index in [1.165, 1.54) is 0 Å². The summed E-state index contributed by atoms with van der Waals surface area (Å²) in [4.78, 5) is 9.77.